The Balaban J connectivity index is 1.53. The Morgan fingerprint density at radius 3 is 2.56 bits per heavy atom. The SMILES string of the molecule is Cc1ccc(C2/C(=C(\O)c3ccc4c(c3)OCCO4)C(=O)C(=O)N2CCCn2ccnc2)cc1. The Hall–Kier alpha value is -4.07. The van der Waals surface area contributed by atoms with Crippen molar-refractivity contribution in [3.8, 4) is 11.5 Å². The van der Waals surface area contributed by atoms with Crippen molar-refractivity contribution in [2.24, 2.45) is 0 Å². The van der Waals surface area contributed by atoms with Gasteiger partial charge in [-0.05, 0) is 37.1 Å². The molecule has 1 atom stereocenters. The first kappa shape index (κ1) is 21.8. The van der Waals surface area contributed by atoms with E-state index in [2.05, 4.69) is 4.98 Å². The highest BCUT2D eigenvalue weighted by Crippen LogP contribution is 2.41. The summed E-state index contributed by atoms with van der Waals surface area (Å²) in [6.07, 6.45) is 5.91. The van der Waals surface area contributed by atoms with Crippen LogP contribution in [0.1, 0.15) is 29.2 Å². The maximum Gasteiger partial charge on any atom is 0.295 e. The second-order valence-electron chi connectivity index (χ2n) is 8.42. The molecule has 1 saturated heterocycles. The van der Waals surface area contributed by atoms with Crippen LogP contribution in [0, 0.1) is 6.92 Å². The van der Waals surface area contributed by atoms with Gasteiger partial charge < -0.3 is 24.0 Å². The zero-order valence-corrected chi connectivity index (χ0v) is 18.8. The van der Waals surface area contributed by atoms with Gasteiger partial charge in [0, 0.05) is 31.0 Å². The van der Waals surface area contributed by atoms with Crippen molar-refractivity contribution in [2.45, 2.75) is 25.9 Å². The zero-order valence-electron chi connectivity index (χ0n) is 18.8. The van der Waals surface area contributed by atoms with Crippen LogP contribution in [-0.4, -0.2) is 51.0 Å². The minimum Gasteiger partial charge on any atom is -0.507 e. The van der Waals surface area contributed by atoms with Crippen LogP contribution in [0.25, 0.3) is 5.76 Å². The van der Waals surface area contributed by atoms with Gasteiger partial charge >= 0.3 is 0 Å². The van der Waals surface area contributed by atoms with Crippen molar-refractivity contribution in [3.05, 3.63) is 83.4 Å². The lowest BCUT2D eigenvalue weighted by atomic mass is 9.94. The molecule has 3 aromatic rings. The van der Waals surface area contributed by atoms with E-state index in [1.165, 1.54) is 0 Å². The molecule has 0 radical (unpaired) electrons. The highest BCUT2D eigenvalue weighted by molar-refractivity contribution is 6.46. The molecule has 1 fully saturated rings. The van der Waals surface area contributed by atoms with Crippen molar-refractivity contribution >= 4 is 17.4 Å². The van der Waals surface area contributed by atoms with Crippen molar-refractivity contribution in [1.82, 2.24) is 14.5 Å². The molecule has 34 heavy (non-hydrogen) atoms. The summed E-state index contributed by atoms with van der Waals surface area (Å²) in [4.78, 5) is 31.9. The monoisotopic (exact) mass is 459 g/mol. The Bertz CT molecular complexity index is 1250. The summed E-state index contributed by atoms with van der Waals surface area (Å²) in [5, 5.41) is 11.3. The summed E-state index contributed by atoms with van der Waals surface area (Å²) in [5.41, 5.74) is 2.31. The molecule has 2 aliphatic rings. The first-order chi connectivity index (χ1) is 16.5. The Labute approximate surface area is 197 Å². The number of ether oxygens (including phenoxy) is 2. The molecule has 0 spiro atoms. The number of hydrogen-bond acceptors (Lipinski definition) is 6. The number of fused-ring (bicyclic) bond motifs is 1. The Kier molecular flexibility index (Phi) is 5.79. The van der Waals surface area contributed by atoms with Crippen molar-refractivity contribution in [1.29, 1.82) is 0 Å². The first-order valence-electron chi connectivity index (χ1n) is 11.2. The number of rotatable bonds is 6. The minimum atomic E-state index is -0.694. The molecule has 2 aliphatic heterocycles. The third kappa shape index (κ3) is 4.03. The summed E-state index contributed by atoms with van der Waals surface area (Å²) >= 11 is 0. The number of ketones is 1. The summed E-state index contributed by atoms with van der Waals surface area (Å²) in [5.74, 6) is -0.455. The average Bonchev–Trinajstić information content (AvgIpc) is 3.46. The molecule has 1 unspecified atom stereocenters. The largest absolute Gasteiger partial charge is 0.507 e. The first-order valence-corrected chi connectivity index (χ1v) is 11.2. The van der Waals surface area contributed by atoms with E-state index in [-0.39, 0.29) is 11.3 Å². The van der Waals surface area contributed by atoms with E-state index in [0.29, 0.717) is 49.8 Å². The molecular formula is C26H25N3O5. The van der Waals surface area contributed by atoms with Crippen molar-refractivity contribution in [2.75, 3.05) is 19.8 Å². The number of benzene rings is 2. The average molecular weight is 460 g/mol. The number of Topliss-reactive ketones (excluding diaryl/α,β-unsaturated/α-hetero) is 1. The van der Waals surface area contributed by atoms with E-state index >= 15 is 0 Å². The molecule has 5 rings (SSSR count). The predicted octanol–water partition coefficient (Wildman–Crippen LogP) is 3.47. The van der Waals surface area contributed by atoms with Gasteiger partial charge in [-0.15, -0.1) is 0 Å². The van der Waals surface area contributed by atoms with Crippen LogP contribution in [0.3, 0.4) is 0 Å². The van der Waals surface area contributed by atoms with Crippen molar-refractivity contribution < 1.29 is 24.2 Å². The van der Waals surface area contributed by atoms with E-state index in [0.717, 1.165) is 11.1 Å². The van der Waals surface area contributed by atoms with Gasteiger partial charge in [0.15, 0.2) is 11.5 Å². The lowest BCUT2D eigenvalue weighted by molar-refractivity contribution is -0.139. The van der Waals surface area contributed by atoms with Gasteiger partial charge in [0.1, 0.15) is 19.0 Å². The van der Waals surface area contributed by atoms with Crippen LogP contribution < -0.4 is 9.47 Å². The Morgan fingerprint density at radius 1 is 1.06 bits per heavy atom. The molecule has 3 heterocycles. The highest BCUT2D eigenvalue weighted by Gasteiger charge is 2.45. The molecule has 1 amide bonds. The third-order valence-electron chi connectivity index (χ3n) is 6.12. The number of carbonyl (C=O) groups excluding carboxylic acids is 2. The molecule has 2 aromatic carbocycles. The molecule has 0 aliphatic carbocycles. The van der Waals surface area contributed by atoms with Crippen LogP contribution >= 0.6 is 0 Å². The fraction of sp³-hybridized carbons (Fsp3) is 0.269. The number of nitrogens with zero attached hydrogens (tertiary/aromatic N) is 3. The highest BCUT2D eigenvalue weighted by atomic mass is 16.6. The standard InChI is InChI=1S/C26H25N3O5/c1-17-3-5-18(6-4-17)23-22(24(30)19-7-8-20-21(15-19)34-14-13-33-20)25(31)26(32)29(23)11-2-10-28-12-9-27-16-28/h3-9,12,15-16,23,30H,2,10-11,13-14H2,1H3/b24-22+. The lowest BCUT2D eigenvalue weighted by Crippen LogP contribution is -2.31. The lowest BCUT2D eigenvalue weighted by Gasteiger charge is -2.25. The second-order valence-corrected chi connectivity index (χ2v) is 8.42. The van der Waals surface area contributed by atoms with Crippen LogP contribution in [0.2, 0.25) is 0 Å². The van der Waals surface area contributed by atoms with Crippen LogP contribution in [0.5, 0.6) is 11.5 Å². The maximum atomic E-state index is 13.2. The van der Waals surface area contributed by atoms with Crippen molar-refractivity contribution in [3.63, 3.8) is 0 Å². The fourth-order valence-corrected chi connectivity index (χ4v) is 4.39. The minimum absolute atomic E-state index is 0.0770. The number of carbonyl (C=O) groups is 2. The van der Waals surface area contributed by atoms with Gasteiger partial charge in [-0.3, -0.25) is 9.59 Å². The molecule has 8 heteroatoms. The molecule has 1 N–H and O–H groups in total. The molecule has 0 saturated carbocycles. The van der Waals surface area contributed by atoms with E-state index in [1.807, 2.05) is 42.0 Å². The molecule has 1 aromatic heterocycles. The van der Waals surface area contributed by atoms with Gasteiger partial charge in [0.05, 0.1) is 17.9 Å². The number of aryl methyl sites for hydroxylation is 2. The van der Waals surface area contributed by atoms with Gasteiger partial charge in [0.25, 0.3) is 11.7 Å². The van der Waals surface area contributed by atoms with E-state index in [9.17, 15) is 14.7 Å². The van der Waals surface area contributed by atoms with Crippen LogP contribution in [0.15, 0.2) is 66.8 Å². The summed E-state index contributed by atoms with van der Waals surface area (Å²) in [6, 6.07) is 12.0. The summed E-state index contributed by atoms with van der Waals surface area (Å²) in [7, 11) is 0. The number of aliphatic hydroxyl groups excluding tert-OH is 1. The molecule has 8 nitrogen and oxygen atoms in total. The van der Waals surface area contributed by atoms with E-state index in [1.54, 1.807) is 35.6 Å². The molecular weight excluding hydrogens is 434 g/mol. The number of amides is 1. The third-order valence-corrected chi connectivity index (χ3v) is 6.12. The van der Waals surface area contributed by atoms with E-state index in [4.69, 9.17) is 9.47 Å². The van der Waals surface area contributed by atoms with Crippen LogP contribution in [0.4, 0.5) is 0 Å². The number of hydrogen-bond donors (Lipinski definition) is 1. The number of imidazole rings is 1. The number of aromatic nitrogens is 2. The van der Waals surface area contributed by atoms with Gasteiger partial charge in [-0.25, -0.2) is 4.98 Å². The summed E-state index contributed by atoms with van der Waals surface area (Å²) in [6.45, 7) is 3.85. The predicted molar refractivity (Wildman–Crippen MR) is 124 cm³/mol. The topological polar surface area (TPSA) is 93.9 Å². The normalized spacial score (nSPS) is 19.0. The fourth-order valence-electron chi connectivity index (χ4n) is 4.39. The molecule has 174 valence electrons. The van der Waals surface area contributed by atoms with Gasteiger partial charge in [0.2, 0.25) is 0 Å². The smallest absolute Gasteiger partial charge is 0.295 e. The Morgan fingerprint density at radius 2 is 1.82 bits per heavy atom. The summed E-state index contributed by atoms with van der Waals surface area (Å²) < 4.78 is 13.1. The maximum absolute atomic E-state index is 13.2. The van der Waals surface area contributed by atoms with E-state index < -0.39 is 17.7 Å². The quantitative estimate of drug-likeness (QED) is 0.345. The number of aliphatic hydroxyl groups is 1. The number of likely N-dealkylation sites (tertiary alicyclic amines) is 1. The van der Waals surface area contributed by atoms with Gasteiger partial charge in [-0.1, -0.05) is 29.8 Å². The van der Waals surface area contributed by atoms with Crippen LogP contribution in [-0.2, 0) is 16.1 Å². The second kappa shape index (κ2) is 9.05. The molecule has 0 bridgehead atoms. The zero-order chi connectivity index (χ0) is 23.7. The van der Waals surface area contributed by atoms with Gasteiger partial charge in [-0.2, -0.15) is 0 Å².